The van der Waals surface area contributed by atoms with Crippen molar-refractivity contribution < 1.29 is 9.59 Å². The van der Waals surface area contributed by atoms with Crippen LogP contribution in [-0.4, -0.2) is 43.2 Å². The van der Waals surface area contributed by atoms with Crippen LogP contribution in [0.5, 0.6) is 0 Å². The van der Waals surface area contributed by atoms with E-state index in [1.807, 2.05) is 30.3 Å². The second-order valence-electron chi connectivity index (χ2n) is 6.28. The first-order valence-electron chi connectivity index (χ1n) is 9.11. The quantitative estimate of drug-likeness (QED) is 0.576. The molecule has 2 amide bonds. The first kappa shape index (κ1) is 21.6. The van der Waals surface area contributed by atoms with Gasteiger partial charge in [-0.25, -0.2) is 0 Å². The molecule has 0 aliphatic carbocycles. The first-order chi connectivity index (χ1) is 14.0. The number of hydrogen-bond donors (Lipinski definition) is 3. The molecule has 1 aromatic carbocycles. The Bertz CT molecular complexity index is 978. The van der Waals surface area contributed by atoms with E-state index in [2.05, 4.69) is 15.6 Å². The number of aliphatic imine (C=N–C) groups is 1. The fourth-order valence-electron chi connectivity index (χ4n) is 2.73. The molecule has 1 heterocycles. The third-order valence-electron chi connectivity index (χ3n) is 4.22. The van der Waals surface area contributed by atoms with Crippen molar-refractivity contribution in [3.63, 3.8) is 0 Å². The van der Waals surface area contributed by atoms with Gasteiger partial charge in [0.25, 0.3) is 17.4 Å². The minimum Gasteiger partial charge on any atom is -0.404 e. The van der Waals surface area contributed by atoms with Gasteiger partial charge in [0.1, 0.15) is 5.56 Å². The first-order valence-corrected chi connectivity index (χ1v) is 9.11. The van der Waals surface area contributed by atoms with E-state index in [0.717, 1.165) is 11.1 Å². The molecule has 0 bridgehead atoms. The fourth-order valence-corrected chi connectivity index (χ4v) is 2.73. The Hall–Kier alpha value is -3.68. The number of nitrogens with two attached hydrogens (primary N) is 1. The van der Waals surface area contributed by atoms with Crippen LogP contribution in [0, 0.1) is 0 Å². The molecule has 8 heteroatoms. The van der Waals surface area contributed by atoms with Crippen LogP contribution in [0.25, 0.3) is 0 Å². The number of rotatable bonds is 8. The number of benzene rings is 1. The number of nitrogens with one attached hydrogen (secondary N) is 2. The maximum absolute atomic E-state index is 12.7. The van der Waals surface area contributed by atoms with Gasteiger partial charge in [-0.05, 0) is 29.8 Å². The van der Waals surface area contributed by atoms with Crippen molar-refractivity contribution in [2.45, 2.75) is 13.0 Å². The normalized spacial score (nSPS) is 11.4. The summed E-state index contributed by atoms with van der Waals surface area (Å²) >= 11 is 0. The Balaban J connectivity index is 2.28. The van der Waals surface area contributed by atoms with Gasteiger partial charge < -0.3 is 20.9 Å². The van der Waals surface area contributed by atoms with Crippen LogP contribution in [0.3, 0.4) is 0 Å². The van der Waals surface area contributed by atoms with Crippen molar-refractivity contribution in [1.29, 1.82) is 0 Å². The summed E-state index contributed by atoms with van der Waals surface area (Å²) in [7, 11) is 3.07. The topological polar surface area (TPSA) is 119 Å². The molecule has 0 radical (unpaired) electrons. The van der Waals surface area contributed by atoms with E-state index in [0.29, 0.717) is 13.0 Å². The largest absolute Gasteiger partial charge is 0.404 e. The van der Waals surface area contributed by atoms with Crippen LogP contribution in [-0.2, 0) is 6.54 Å². The zero-order valence-electron chi connectivity index (χ0n) is 16.5. The predicted molar refractivity (Wildman–Crippen MR) is 113 cm³/mol. The molecule has 2 rings (SSSR count). The number of carbonyl (C=O) groups excluding carboxylic acids is 2. The standard InChI is InChI=1S/C21H25N5O3/c1-23-12-16(11-22)8-9-25-19(27)17-10-18(20(28)24-2)21(29)26(14-17)13-15-6-4-3-5-7-15/h3-7,10-12,14H,8-9,13,22H2,1-2H3,(H,24,28)(H,25,27). The monoisotopic (exact) mass is 395 g/mol. The van der Waals surface area contributed by atoms with E-state index < -0.39 is 11.5 Å². The number of aromatic nitrogens is 1. The lowest BCUT2D eigenvalue weighted by Crippen LogP contribution is -2.34. The van der Waals surface area contributed by atoms with E-state index in [4.69, 9.17) is 5.73 Å². The summed E-state index contributed by atoms with van der Waals surface area (Å²) in [4.78, 5) is 41.3. The Morgan fingerprint density at radius 2 is 1.93 bits per heavy atom. The molecule has 0 unspecified atom stereocenters. The van der Waals surface area contributed by atoms with Crippen molar-refractivity contribution >= 4 is 18.0 Å². The lowest BCUT2D eigenvalue weighted by Gasteiger charge is -2.12. The van der Waals surface area contributed by atoms with Gasteiger partial charge in [-0.2, -0.15) is 0 Å². The third kappa shape index (κ3) is 5.90. The van der Waals surface area contributed by atoms with Crippen molar-refractivity contribution in [1.82, 2.24) is 15.2 Å². The summed E-state index contributed by atoms with van der Waals surface area (Å²) in [6.07, 6.45) is 5.02. The van der Waals surface area contributed by atoms with Crippen LogP contribution < -0.4 is 21.9 Å². The van der Waals surface area contributed by atoms with Gasteiger partial charge in [0.15, 0.2) is 0 Å². The number of amides is 2. The van der Waals surface area contributed by atoms with Gasteiger partial charge in [0, 0.05) is 33.1 Å². The summed E-state index contributed by atoms with van der Waals surface area (Å²) in [5, 5.41) is 5.21. The molecule has 0 fully saturated rings. The highest BCUT2D eigenvalue weighted by atomic mass is 16.2. The van der Waals surface area contributed by atoms with Crippen LogP contribution in [0.2, 0.25) is 0 Å². The molecular formula is C21H25N5O3. The second-order valence-corrected chi connectivity index (χ2v) is 6.28. The van der Waals surface area contributed by atoms with Crippen LogP contribution >= 0.6 is 0 Å². The highest BCUT2D eigenvalue weighted by molar-refractivity contribution is 5.99. The molecule has 29 heavy (non-hydrogen) atoms. The lowest BCUT2D eigenvalue weighted by molar-refractivity contribution is 0.0953. The summed E-state index contributed by atoms with van der Waals surface area (Å²) < 4.78 is 1.36. The third-order valence-corrected chi connectivity index (χ3v) is 4.22. The van der Waals surface area contributed by atoms with Gasteiger partial charge in [0.05, 0.1) is 12.1 Å². The average molecular weight is 395 g/mol. The van der Waals surface area contributed by atoms with Gasteiger partial charge >= 0.3 is 0 Å². The molecule has 0 aliphatic heterocycles. The summed E-state index contributed by atoms with van der Waals surface area (Å²) in [5.41, 5.74) is 6.86. The summed E-state index contributed by atoms with van der Waals surface area (Å²) in [6.45, 7) is 0.582. The van der Waals surface area contributed by atoms with E-state index in [-0.39, 0.29) is 23.6 Å². The number of pyridine rings is 1. The zero-order valence-corrected chi connectivity index (χ0v) is 16.5. The maximum Gasteiger partial charge on any atom is 0.263 e. The van der Waals surface area contributed by atoms with E-state index >= 15 is 0 Å². The zero-order chi connectivity index (χ0) is 21.2. The van der Waals surface area contributed by atoms with Gasteiger partial charge in [-0.15, -0.1) is 0 Å². The second kappa shape index (κ2) is 10.6. The van der Waals surface area contributed by atoms with E-state index in [9.17, 15) is 14.4 Å². The van der Waals surface area contributed by atoms with Gasteiger partial charge in [0.2, 0.25) is 0 Å². The molecular weight excluding hydrogens is 370 g/mol. The number of carbonyl (C=O) groups is 2. The lowest BCUT2D eigenvalue weighted by atomic mass is 10.1. The predicted octanol–water partition coefficient (Wildman–Crippen LogP) is 0.919. The minimum atomic E-state index is -0.543. The SMILES string of the molecule is CN=CC(=CN)CCNC(=O)c1cc(C(=O)NC)c(=O)n(Cc2ccccc2)c1. The molecule has 152 valence electrons. The van der Waals surface area contributed by atoms with Crippen molar-refractivity contribution in [3.05, 3.63) is 81.4 Å². The molecule has 1 aromatic heterocycles. The molecule has 2 aromatic rings. The summed E-state index contributed by atoms with van der Waals surface area (Å²) in [5.74, 6) is -0.930. The molecule has 4 N–H and O–H groups in total. The number of nitrogens with zero attached hydrogens (tertiary/aromatic N) is 2. The maximum atomic E-state index is 12.7. The van der Waals surface area contributed by atoms with E-state index in [1.165, 1.54) is 30.1 Å². The van der Waals surface area contributed by atoms with Crippen molar-refractivity contribution in [3.8, 4) is 0 Å². The average Bonchev–Trinajstić information content (AvgIpc) is 2.74. The van der Waals surface area contributed by atoms with Crippen LogP contribution in [0.1, 0.15) is 32.7 Å². The molecule has 8 nitrogen and oxygen atoms in total. The molecule has 0 saturated carbocycles. The molecule has 0 saturated heterocycles. The van der Waals surface area contributed by atoms with Gasteiger partial charge in [-0.3, -0.25) is 19.4 Å². The van der Waals surface area contributed by atoms with Crippen molar-refractivity contribution in [2.75, 3.05) is 20.6 Å². The molecule has 0 spiro atoms. The Morgan fingerprint density at radius 1 is 1.21 bits per heavy atom. The van der Waals surface area contributed by atoms with Gasteiger partial charge in [-0.1, -0.05) is 30.3 Å². The highest BCUT2D eigenvalue weighted by Crippen LogP contribution is 2.06. The minimum absolute atomic E-state index is 0.0864. The fraction of sp³-hybridized carbons (Fsp3) is 0.238. The summed E-state index contributed by atoms with van der Waals surface area (Å²) in [6, 6.07) is 10.6. The molecule has 0 aliphatic rings. The Morgan fingerprint density at radius 3 is 2.55 bits per heavy atom. The number of hydrogen-bond acceptors (Lipinski definition) is 5. The Labute approximate surface area is 169 Å². The van der Waals surface area contributed by atoms with Crippen molar-refractivity contribution in [2.24, 2.45) is 10.7 Å². The van der Waals surface area contributed by atoms with E-state index in [1.54, 1.807) is 13.3 Å². The molecule has 0 atom stereocenters. The smallest absolute Gasteiger partial charge is 0.263 e. The van der Waals surface area contributed by atoms with Crippen LogP contribution in [0.15, 0.2) is 64.2 Å². The van der Waals surface area contributed by atoms with Crippen LogP contribution in [0.4, 0.5) is 0 Å². The highest BCUT2D eigenvalue weighted by Gasteiger charge is 2.17. The Kier molecular flexibility index (Phi) is 7.90.